The number of carbonyl (C=O) groups excluding carboxylic acids is 1. The molecule has 0 unspecified atom stereocenters. The topological polar surface area (TPSA) is 56.2 Å². The van der Waals surface area contributed by atoms with Crippen LogP contribution >= 0.6 is 11.6 Å². The summed E-state index contributed by atoms with van der Waals surface area (Å²) in [6.07, 6.45) is 1.60. The molecule has 1 aromatic heterocycles. The SMILES string of the molecule is O=C(Nc1nn(Cc2ccccc2)cc1Cl)c1cccc(OC(F)F)c1. The Morgan fingerprint density at radius 3 is 2.69 bits per heavy atom. The molecule has 0 bridgehead atoms. The van der Waals surface area contributed by atoms with Gasteiger partial charge in [-0.15, -0.1) is 0 Å². The van der Waals surface area contributed by atoms with Crippen molar-refractivity contribution < 1.29 is 18.3 Å². The Kier molecular flexibility index (Phi) is 5.48. The van der Waals surface area contributed by atoms with E-state index >= 15 is 0 Å². The van der Waals surface area contributed by atoms with Crippen LogP contribution in [0.5, 0.6) is 5.75 Å². The van der Waals surface area contributed by atoms with Gasteiger partial charge in [-0.25, -0.2) is 0 Å². The van der Waals surface area contributed by atoms with Gasteiger partial charge < -0.3 is 10.1 Å². The standard InChI is InChI=1S/C18H14ClF2N3O2/c19-15-11-24(10-12-5-2-1-3-6-12)23-16(15)22-17(25)13-7-4-8-14(9-13)26-18(20)21/h1-9,11,18H,10H2,(H,22,23,25). The van der Waals surface area contributed by atoms with Crippen molar-refractivity contribution in [3.8, 4) is 5.75 Å². The molecule has 1 N–H and O–H groups in total. The van der Waals surface area contributed by atoms with Crippen molar-refractivity contribution in [1.29, 1.82) is 0 Å². The Morgan fingerprint density at radius 1 is 1.19 bits per heavy atom. The Morgan fingerprint density at radius 2 is 1.96 bits per heavy atom. The fourth-order valence-electron chi connectivity index (χ4n) is 2.33. The van der Waals surface area contributed by atoms with Crippen LogP contribution in [0.2, 0.25) is 5.02 Å². The third-order valence-corrected chi connectivity index (χ3v) is 3.73. The maximum atomic E-state index is 12.3. The minimum absolute atomic E-state index is 0.103. The van der Waals surface area contributed by atoms with Crippen molar-refractivity contribution in [3.63, 3.8) is 0 Å². The average molecular weight is 378 g/mol. The number of carbonyl (C=O) groups is 1. The number of benzene rings is 2. The van der Waals surface area contributed by atoms with Crippen molar-refractivity contribution in [2.45, 2.75) is 13.2 Å². The summed E-state index contributed by atoms with van der Waals surface area (Å²) in [6.45, 7) is -2.47. The summed E-state index contributed by atoms with van der Waals surface area (Å²) < 4.78 is 30.5. The monoisotopic (exact) mass is 377 g/mol. The van der Waals surface area contributed by atoms with Crippen LogP contribution in [0.1, 0.15) is 15.9 Å². The van der Waals surface area contributed by atoms with Crippen LogP contribution < -0.4 is 10.1 Å². The molecule has 0 fully saturated rings. The number of anilines is 1. The smallest absolute Gasteiger partial charge is 0.387 e. The van der Waals surface area contributed by atoms with Crippen LogP contribution in [-0.4, -0.2) is 22.3 Å². The predicted octanol–water partition coefficient (Wildman–Crippen LogP) is 4.44. The third-order valence-electron chi connectivity index (χ3n) is 3.46. The minimum Gasteiger partial charge on any atom is -0.435 e. The van der Waals surface area contributed by atoms with E-state index < -0.39 is 12.5 Å². The van der Waals surface area contributed by atoms with Gasteiger partial charge in [0, 0.05) is 11.8 Å². The lowest BCUT2D eigenvalue weighted by Gasteiger charge is -2.07. The van der Waals surface area contributed by atoms with Gasteiger partial charge in [0.25, 0.3) is 5.91 Å². The van der Waals surface area contributed by atoms with Crippen molar-refractivity contribution in [3.05, 3.63) is 76.9 Å². The van der Waals surface area contributed by atoms with E-state index in [1.807, 2.05) is 30.3 Å². The molecule has 1 heterocycles. The zero-order chi connectivity index (χ0) is 18.5. The summed E-state index contributed by atoms with van der Waals surface area (Å²) in [6, 6.07) is 15.1. The molecule has 2 aromatic carbocycles. The lowest BCUT2D eigenvalue weighted by molar-refractivity contribution is -0.0498. The van der Waals surface area contributed by atoms with Crippen LogP contribution in [-0.2, 0) is 6.54 Å². The molecule has 3 aromatic rings. The first-order valence-corrected chi connectivity index (χ1v) is 8.02. The number of nitrogens with zero attached hydrogens (tertiary/aromatic N) is 2. The lowest BCUT2D eigenvalue weighted by Crippen LogP contribution is -2.13. The molecule has 0 spiro atoms. The average Bonchev–Trinajstić information content (AvgIpc) is 2.94. The highest BCUT2D eigenvalue weighted by molar-refractivity contribution is 6.33. The highest BCUT2D eigenvalue weighted by atomic mass is 35.5. The number of halogens is 3. The van der Waals surface area contributed by atoms with Gasteiger partial charge in [-0.2, -0.15) is 13.9 Å². The second kappa shape index (κ2) is 7.97. The molecule has 5 nitrogen and oxygen atoms in total. The molecule has 0 aliphatic rings. The van der Waals surface area contributed by atoms with E-state index in [2.05, 4.69) is 15.2 Å². The van der Waals surface area contributed by atoms with Crippen molar-refractivity contribution in [2.24, 2.45) is 0 Å². The van der Waals surface area contributed by atoms with E-state index in [-0.39, 0.29) is 22.2 Å². The van der Waals surface area contributed by atoms with Crippen LogP contribution in [0.4, 0.5) is 14.6 Å². The first-order chi connectivity index (χ1) is 12.5. The summed E-state index contributed by atoms with van der Waals surface area (Å²) in [4.78, 5) is 12.3. The van der Waals surface area contributed by atoms with Crippen LogP contribution in [0.25, 0.3) is 0 Å². The third kappa shape index (κ3) is 4.58. The number of alkyl halides is 2. The summed E-state index contributed by atoms with van der Waals surface area (Å²) in [5.41, 5.74) is 1.18. The van der Waals surface area contributed by atoms with Gasteiger partial charge in [-0.1, -0.05) is 48.0 Å². The number of rotatable bonds is 6. The van der Waals surface area contributed by atoms with Crippen molar-refractivity contribution in [2.75, 3.05) is 5.32 Å². The van der Waals surface area contributed by atoms with Gasteiger partial charge in [0.05, 0.1) is 6.54 Å². The lowest BCUT2D eigenvalue weighted by atomic mass is 10.2. The van der Waals surface area contributed by atoms with Gasteiger partial charge in [0.1, 0.15) is 10.8 Å². The van der Waals surface area contributed by atoms with E-state index in [9.17, 15) is 13.6 Å². The summed E-state index contributed by atoms with van der Waals surface area (Å²) >= 11 is 6.12. The van der Waals surface area contributed by atoms with Gasteiger partial charge in [0.2, 0.25) is 0 Å². The second-order valence-electron chi connectivity index (χ2n) is 5.37. The van der Waals surface area contributed by atoms with Crippen LogP contribution in [0, 0.1) is 0 Å². The molecule has 0 saturated heterocycles. The molecule has 0 atom stereocenters. The highest BCUT2D eigenvalue weighted by Crippen LogP contribution is 2.22. The number of hydrogen-bond acceptors (Lipinski definition) is 3. The van der Waals surface area contributed by atoms with E-state index in [0.29, 0.717) is 6.54 Å². The number of amides is 1. The van der Waals surface area contributed by atoms with Gasteiger partial charge in [-0.3, -0.25) is 9.48 Å². The zero-order valence-corrected chi connectivity index (χ0v) is 14.2. The zero-order valence-electron chi connectivity index (χ0n) is 13.4. The molecule has 0 aliphatic carbocycles. The fourth-order valence-corrected chi connectivity index (χ4v) is 2.52. The van der Waals surface area contributed by atoms with E-state index in [1.54, 1.807) is 10.9 Å². The maximum Gasteiger partial charge on any atom is 0.387 e. The number of nitrogens with one attached hydrogen (secondary N) is 1. The number of aromatic nitrogens is 2. The van der Waals surface area contributed by atoms with E-state index in [0.717, 1.165) is 5.56 Å². The minimum atomic E-state index is -2.96. The largest absolute Gasteiger partial charge is 0.435 e. The van der Waals surface area contributed by atoms with Crippen molar-refractivity contribution in [1.82, 2.24) is 9.78 Å². The highest BCUT2D eigenvalue weighted by Gasteiger charge is 2.14. The summed E-state index contributed by atoms with van der Waals surface area (Å²) in [7, 11) is 0. The molecular formula is C18H14ClF2N3O2. The molecule has 0 aliphatic heterocycles. The van der Waals surface area contributed by atoms with Crippen LogP contribution in [0.3, 0.4) is 0 Å². The molecule has 134 valence electrons. The first-order valence-electron chi connectivity index (χ1n) is 7.64. The fraction of sp³-hybridized carbons (Fsp3) is 0.111. The van der Waals surface area contributed by atoms with Gasteiger partial charge in [0.15, 0.2) is 5.82 Å². The Hall–Kier alpha value is -2.93. The van der Waals surface area contributed by atoms with Crippen molar-refractivity contribution >= 4 is 23.3 Å². The molecule has 26 heavy (non-hydrogen) atoms. The van der Waals surface area contributed by atoms with Crippen LogP contribution in [0.15, 0.2) is 60.8 Å². The molecular weight excluding hydrogens is 364 g/mol. The Labute approximate surface area is 153 Å². The quantitative estimate of drug-likeness (QED) is 0.691. The number of ether oxygens (including phenoxy) is 1. The first kappa shape index (κ1) is 17.9. The van der Waals surface area contributed by atoms with Gasteiger partial charge >= 0.3 is 6.61 Å². The number of hydrogen-bond donors (Lipinski definition) is 1. The molecule has 0 saturated carbocycles. The molecule has 3 rings (SSSR count). The maximum absolute atomic E-state index is 12.3. The molecule has 0 radical (unpaired) electrons. The molecule has 8 heteroatoms. The summed E-state index contributed by atoms with van der Waals surface area (Å²) in [5.74, 6) is -0.447. The normalized spacial score (nSPS) is 10.8. The Balaban J connectivity index is 1.71. The second-order valence-corrected chi connectivity index (χ2v) is 5.78. The van der Waals surface area contributed by atoms with E-state index in [4.69, 9.17) is 11.6 Å². The predicted molar refractivity (Wildman–Crippen MR) is 93.8 cm³/mol. The molecule has 1 amide bonds. The van der Waals surface area contributed by atoms with Gasteiger partial charge in [-0.05, 0) is 23.8 Å². The van der Waals surface area contributed by atoms with E-state index in [1.165, 1.54) is 24.3 Å². The Bertz CT molecular complexity index is 900. The summed E-state index contributed by atoms with van der Waals surface area (Å²) in [5, 5.41) is 7.08.